The molecule has 0 bridgehead atoms. The van der Waals surface area contributed by atoms with E-state index in [2.05, 4.69) is 10.6 Å². The number of hydrogen-bond donors (Lipinski definition) is 2. The molecule has 0 unspecified atom stereocenters. The molecule has 17 heavy (non-hydrogen) atoms. The molecule has 0 atom stereocenters. The minimum absolute atomic E-state index is 0.0929. The molecule has 0 saturated heterocycles. The van der Waals surface area contributed by atoms with Crippen molar-refractivity contribution in [3.8, 4) is 0 Å². The summed E-state index contributed by atoms with van der Waals surface area (Å²) in [6.45, 7) is 11.4. The van der Waals surface area contributed by atoms with Gasteiger partial charge in [-0.05, 0) is 34.6 Å². The molecule has 0 aromatic carbocycles. The zero-order chi connectivity index (χ0) is 13.5. The van der Waals surface area contributed by atoms with Crippen molar-refractivity contribution in [2.45, 2.75) is 45.8 Å². The summed E-state index contributed by atoms with van der Waals surface area (Å²) in [5, 5.41) is 5.97. The predicted molar refractivity (Wildman–Crippen MR) is 68.2 cm³/mol. The van der Waals surface area contributed by atoms with Crippen LogP contribution in [0.2, 0.25) is 0 Å². The summed E-state index contributed by atoms with van der Waals surface area (Å²) in [7, 11) is 1.67. The number of hydrogen-bond acceptors (Lipinski definition) is 4. The quantitative estimate of drug-likeness (QED) is 0.698. The monoisotopic (exact) mass is 246 g/mol. The van der Waals surface area contributed by atoms with Gasteiger partial charge in [-0.2, -0.15) is 0 Å². The van der Waals surface area contributed by atoms with Gasteiger partial charge in [-0.25, -0.2) is 4.79 Å². The molecule has 0 aliphatic carbocycles. The third-order valence-corrected chi connectivity index (χ3v) is 1.90. The molecule has 0 saturated carbocycles. The number of methoxy groups -OCH3 is 1. The third kappa shape index (κ3) is 10.1. The highest BCUT2D eigenvalue weighted by Crippen LogP contribution is 2.06. The number of rotatable bonds is 6. The first kappa shape index (κ1) is 16.2. The molecule has 5 heteroatoms. The second kappa shape index (κ2) is 6.81. The Balaban J connectivity index is 3.68. The van der Waals surface area contributed by atoms with Crippen LogP contribution in [0.5, 0.6) is 0 Å². The van der Waals surface area contributed by atoms with Crippen LogP contribution in [0.4, 0.5) is 4.79 Å². The Morgan fingerprint density at radius 2 is 1.71 bits per heavy atom. The van der Waals surface area contributed by atoms with E-state index in [0.717, 1.165) is 0 Å². The van der Waals surface area contributed by atoms with E-state index in [9.17, 15) is 4.79 Å². The second-order valence-electron chi connectivity index (χ2n) is 5.67. The van der Waals surface area contributed by atoms with Crippen LogP contribution in [0.1, 0.15) is 34.6 Å². The number of nitrogens with one attached hydrogen (secondary N) is 2. The van der Waals surface area contributed by atoms with Gasteiger partial charge in [0, 0.05) is 25.7 Å². The molecule has 0 aliphatic rings. The zero-order valence-electron chi connectivity index (χ0n) is 11.8. The van der Waals surface area contributed by atoms with Crippen molar-refractivity contribution in [1.29, 1.82) is 0 Å². The fourth-order valence-corrected chi connectivity index (χ4v) is 1.29. The van der Waals surface area contributed by atoms with Gasteiger partial charge in [-0.1, -0.05) is 0 Å². The van der Waals surface area contributed by atoms with Gasteiger partial charge in [0.05, 0.1) is 6.61 Å². The van der Waals surface area contributed by atoms with E-state index in [1.807, 2.05) is 34.6 Å². The first-order chi connectivity index (χ1) is 7.66. The Morgan fingerprint density at radius 3 is 2.18 bits per heavy atom. The van der Waals surface area contributed by atoms with E-state index in [-0.39, 0.29) is 11.6 Å². The van der Waals surface area contributed by atoms with Gasteiger partial charge < -0.3 is 20.1 Å². The average molecular weight is 246 g/mol. The van der Waals surface area contributed by atoms with E-state index >= 15 is 0 Å². The summed E-state index contributed by atoms with van der Waals surface area (Å²) in [5.41, 5.74) is -0.544. The Morgan fingerprint density at radius 1 is 1.12 bits per heavy atom. The smallest absolute Gasteiger partial charge is 0.407 e. The Kier molecular flexibility index (Phi) is 6.49. The summed E-state index contributed by atoms with van der Waals surface area (Å²) in [6.07, 6.45) is -0.385. The number of ether oxygens (including phenoxy) is 2. The fourth-order valence-electron chi connectivity index (χ4n) is 1.29. The van der Waals surface area contributed by atoms with Crippen molar-refractivity contribution in [2.75, 3.05) is 26.8 Å². The number of alkyl carbamates (subject to hydrolysis) is 1. The lowest BCUT2D eigenvalue weighted by atomic mass is 10.1. The number of amides is 1. The van der Waals surface area contributed by atoms with Gasteiger partial charge in [0.15, 0.2) is 0 Å². The van der Waals surface area contributed by atoms with E-state index < -0.39 is 5.60 Å². The van der Waals surface area contributed by atoms with Crippen molar-refractivity contribution >= 4 is 6.09 Å². The molecule has 0 radical (unpaired) electrons. The van der Waals surface area contributed by atoms with E-state index in [1.54, 1.807) is 7.11 Å². The van der Waals surface area contributed by atoms with Crippen molar-refractivity contribution in [3.05, 3.63) is 0 Å². The Bertz CT molecular complexity index is 234. The van der Waals surface area contributed by atoms with Crippen LogP contribution in [0.3, 0.4) is 0 Å². The van der Waals surface area contributed by atoms with Crippen LogP contribution in [0.15, 0.2) is 0 Å². The Hall–Kier alpha value is -0.810. The van der Waals surface area contributed by atoms with Crippen molar-refractivity contribution in [2.24, 2.45) is 0 Å². The van der Waals surface area contributed by atoms with Crippen LogP contribution in [-0.4, -0.2) is 44.0 Å². The molecular weight excluding hydrogens is 220 g/mol. The topological polar surface area (TPSA) is 59.6 Å². The maximum Gasteiger partial charge on any atom is 0.407 e. The van der Waals surface area contributed by atoms with Gasteiger partial charge in [-0.3, -0.25) is 0 Å². The lowest BCUT2D eigenvalue weighted by Gasteiger charge is -2.25. The minimum atomic E-state index is -0.452. The minimum Gasteiger partial charge on any atom is -0.444 e. The van der Waals surface area contributed by atoms with Crippen LogP contribution in [-0.2, 0) is 9.47 Å². The molecule has 0 aromatic rings. The van der Waals surface area contributed by atoms with E-state index in [4.69, 9.17) is 9.47 Å². The molecular formula is C12H26N2O3. The molecule has 5 nitrogen and oxygen atoms in total. The van der Waals surface area contributed by atoms with Gasteiger partial charge >= 0.3 is 6.09 Å². The van der Waals surface area contributed by atoms with E-state index in [0.29, 0.717) is 19.7 Å². The molecule has 0 heterocycles. The second-order valence-corrected chi connectivity index (χ2v) is 5.67. The van der Waals surface area contributed by atoms with Crippen LogP contribution >= 0.6 is 0 Å². The van der Waals surface area contributed by atoms with Gasteiger partial charge in [-0.15, -0.1) is 0 Å². The van der Waals surface area contributed by atoms with Gasteiger partial charge in [0.25, 0.3) is 0 Å². The maximum absolute atomic E-state index is 11.3. The molecule has 2 N–H and O–H groups in total. The first-order valence-electron chi connectivity index (χ1n) is 5.87. The standard InChI is InChI=1S/C12H26N2O3/c1-11(2,3)17-10(15)13-7-8-14-12(4,5)9-16-6/h14H,7-9H2,1-6H3,(H,13,15). The third-order valence-electron chi connectivity index (χ3n) is 1.90. The highest BCUT2D eigenvalue weighted by atomic mass is 16.6. The molecule has 0 aliphatic heterocycles. The number of carbonyl (C=O) groups excluding carboxylic acids is 1. The largest absolute Gasteiger partial charge is 0.444 e. The molecule has 1 amide bonds. The predicted octanol–water partition coefficient (Wildman–Crippen LogP) is 1.53. The van der Waals surface area contributed by atoms with Crippen LogP contribution in [0.25, 0.3) is 0 Å². The fraction of sp³-hybridized carbons (Fsp3) is 0.917. The summed E-state index contributed by atoms with van der Waals surface area (Å²) in [4.78, 5) is 11.3. The average Bonchev–Trinajstić information content (AvgIpc) is 2.09. The van der Waals surface area contributed by atoms with Crippen LogP contribution in [0, 0.1) is 0 Å². The molecule has 102 valence electrons. The maximum atomic E-state index is 11.3. The molecule has 0 spiro atoms. The molecule has 0 fully saturated rings. The highest BCUT2D eigenvalue weighted by Gasteiger charge is 2.17. The lowest BCUT2D eigenvalue weighted by Crippen LogP contribution is -2.47. The lowest BCUT2D eigenvalue weighted by molar-refractivity contribution is 0.0525. The summed E-state index contributed by atoms with van der Waals surface area (Å²) in [6, 6.07) is 0. The van der Waals surface area contributed by atoms with Gasteiger partial charge in [0.2, 0.25) is 0 Å². The van der Waals surface area contributed by atoms with Gasteiger partial charge in [0.1, 0.15) is 5.60 Å². The number of carbonyl (C=O) groups is 1. The molecule has 0 rings (SSSR count). The zero-order valence-corrected chi connectivity index (χ0v) is 11.8. The first-order valence-corrected chi connectivity index (χ1v) is 5.87. The normalized spacial score (nSPS) is 12.4. The van der Waals surface area contributed by atoms with Crippen LogP contribution < -0.4 is 10.6 Å². The summed E-state index contributed by atoms with van der Waals surface area (Å²) < 4.78 is 10.2. The SMILES string of the molecule is COCC(C)(C)NCCNC(=O)OC(C)(C)C. The van der Waals surface area contributed by atoms with Crippen molar-refractivity contribution < 1.29 is 14.3 Å². The summed E-state index contributed by atoms with van der Waals surface area (Å²) >= 11 is 0. The van der Waals surface area contributed by atoms with Crippen molar-refractivity contribution in [3.63, 3.8) is 0 Å². The summed E-state index contributed by atoms with van der Waals surface area (Å²) in [5.74, 6) is 0. The van der Waals surface area contributed by atoms with E-state index in [1.165, 1.54) is 0 Å². The van der Waals surface area contributed by atoms with Crippen molar-refractivity contribution in [1.82, 2.24) is 10.6 Å². The molecule has 0 aromatic heterocycles. The highest BCUT2D eigenvalue weighted by molar-refractivity contribution is 5.67. The Labute approximate surface area is 104 Å².